The van der Waals surface area contributed by atoms with Crippen LogP contribution in [0.3, 0.4) is 0 Å². The molecule has 1 atom stereocenters. The number of hydrogen-bond acceptors (Lipinski definition) is 4. The van der Waals surface area contributed by atoms with E-state index < -0.39 is 15.9 Å². The molecule has 0 saturated heterocycles. The van der Waals surface area contributed by atoms with Gasteiger partial charge in [0, 0.05) is 6.26 Å². The molecule has 4 nitrogen and oxygen atoms in total. The van der Waals surface area contributed by atoms with Gasteiger partial charge in [-0.15, -0.1) is 0 Å². The number of aliphatic hydroxyl groups excluding tert-OH is 1. The van der Waals surface area contributed by atoms with Gasteiger partial charge in [-0.25, -0.2) is 8.42 Å². The summed E-state index contributed by atoms with van der Waals surface area (Å²) in [6, 6.07) is 13.5. The van der Waals surface area contributed by atoms with Crippen molar-refractivity contribution in [2.24, 2.45) is 0 Å². The topological polar surface area (TPSA) is 63.6 Å². The zero-order valence-corrected chi connectivity index (χ0v) is 12.8. The first-order chi connectivity index (χ1) is 9.91. The van der Waals surface area contributed by atoms with E-state index in [1.165, 1.54) is 12.1 Å². The number of sulfone groups is 1. The molecule has 112 valence electrons. The van der Waals surface area contributed by atoms with Gasteiger partial charge in [-0.1, -0.05) is 24.3 Å². The fraction of sp³-hybridized carbons (Fsp3) is 0.250. The fourth-order valence-corrected chi connectivity index (χ4v) is 2.72. The van der Waals surface area contributed by atoms with Gasteiger partial charge in [0.1, 0.15) is 11.9 Å². The Hall–Kier alpha value is -1.85. The zero-order valence-electron chi connectivity index (χ0n) is 12.0. The van der Waals surface area contributed by atoms with E-state index in [0.717, 1.165) is 6.26 Å². The van der Waals surface area contributed by atoms with E-state index in [2.05, 4.69) is 0 Å². The summed E-state index contributed by atoms with van der Waals surface area (Å²) < 4.78 is 28.6. The lowest BCUT2D eigenvalue weighted by Gasteiger charge is -2.14. The van der Waals surface area contributed by atoms with Crippen LogP contribution in [-0.4, -0.2) is 26.4 Å². The Labute approximate surface area is 124 Å². The van der Waals surface area contributed by atoms with Gasteiger partial charge in [-0.2, -0.15) is 0 Å². The van der Waals surface area contributed by atoms with Crippen molar-refractivity contribution in [3.8, 4) is 5.75 Å². The lowest BCUT2D eigenvalue weighted by Crippen LogP contribution is -2.03. The van der Waals surface area contributed by atoms with Crippen molar-refractivity contribution >= 4 is 9.84 Å². The molecule has 21 heavy (non-hydrogen) atoms. The van der Waals surface area contributed by atoms with E-state index in [9.17, 15) is 13.5 Å². The molecule has 0 aliphatic heterocycles. The van der Waals surface area contributed by atoms with Crippen LogP contribution in [0.4, 0.5) is 0 Å². The fourth-order valence-electron chi connectivity index (χ4n) is 2.05. The second-order valence-electron chi connectivity index (χ2n) is 4.75. The summed E-state index contributed by atoms with van der Waals surface area (Å²) in [6.07, 6.45) is 0.251. The van der Waals surface area contributed by atoms with Crippen molar-refractivity contribution in [1.29, 1.82) is 0 Å². The Kier molecular flexibility index (Phi) is 4.65. The first kappa shape index (κ1) is 15.5. The monoisotopic (exact) mass is 306 g/mol. The Morgan fingerprint density at radius 1 is 1.10 bits per heavy atom. The molecule has 0 saturated carbocycles. The molecule has 1 N–H and O–H groups in total. The van der Waals surface area contributed by atoms with Crippen LogP contribution in [-0.2, 0) is 9.84 Å². The van der Waals surface area contributed by atoms with Crippen LogP contribution in [0.15, 0.2) is 53.4 Å². The summed E-state index contributed by atoms with van der Waals surface area (Å²) >= 11 is 0. The van der Waals surface area contributed by atoms with E-state index in [1.807, 2.05) is 13.0 Å². The molecule has 0 spiro atoms. The van der Waals surface area contributed by atoms with E-state index in [0.29, 0.717) is 23.5 Å². The highest BCUT2D eigenvalue weighted by Gasteiger charge is 2.14. The molecule has 0 aliphatic carbocycles. The minimum Gasteiger partial charge on any atom is -0.494 e. The highest BCUT2D eigenvalue weighted by Crippen LogP contribution is 2.26. The summed E-state index contributed by atoms with van der Waals surface area (Å²) in [4.78, 5) is 0.194. The second-order valence-corrected chi connectivity index (χ2v) is 6.77. The summed E-state index contributed by atoms with van der Waals surface area (Å²) in [6.45, 7) is 2.43. The molecular formula is C16H18O4S. The van der Waals surface area contributed by atoms with Gasteiger partial charge in [0.2, 0.25) is 0 Å². The third kappa shape index (κ3) is 3.83. The number of benzene rings is 2. The van der Waals surface area contributed by atoms with Crippen LogP contribution in [0.1, 0.15) is 24.2 Å². The van der Waals surface area contributed by atoms with Crippen molar-refractivity contribution in [2.75, 3.05) is 12.9 Å². The number of aliphatic hydroxyl groups is 1. The van der Waals surface area contributed by atoms with Crippen LogP contribution < -0.4 is 4.74 Å². The summed E-state index contributed by atoms with van der Waals surface area (Å²) in [7, 11) is -3.29. The second kappa shape index (κ2) is 6.28. The van der Waals surface area contributed by atoms with Gasteiger partial charge in [0.25, 0.3) is 0 Å². The van der Waals surface area contributed by atoms with Crippen molar-refractivity contribution < 1.29 is 18.3 Å². The Morgan fingerprint density at radius 2 is 1.71 bits per heavy atom. The molecule has 0 heterocycles. The largest absolute Gasteiger partial charge is 0.494 e. The first-order valence-corrected chi connectivity index (χ1v) is 8.52. The maximum absolute atomic E-state index is 11.6. The van der Waals surface area contributed by atoms with Crippen molar-refractivity contribution in [1.82, 2.24) is 0 Å². The van der Waals surface area contributed by atoms with Gasteiger partial charge < -0.3 is 9.84 Å². The molecular weight excluding hydrogens is 288 g/mol. The van der Waals surface area contributed by atoms with E-state index >= 15 is 0 Å². The first-order valence-electron chi connectivity index (χ1n) is 6.62. The lowest BCUT2D eigenvalue weighted by atomic mass is 10.0. The molecule has 0 amide bonds. The normalized spacial score (nSPS) is 12.9. The SMILES string of the molecule is CCOc1cccc(C(O)c2cccc(S(C)(=O)=O)c2)c1. The van der Waals surface area contributed by atoms with Crippen LogP contribution in [0.5, 0.6) is 5.75 Å². The average Bonchev–Trinajstić information content (AvgIpc) is 2.46. The zero-order chi connectivity index (χ0) is 15.5. The highest BCUT2D eigenvalue weighted by molar-refractivity contribution is 7.90. The molecule has 5 heteroatoms. The molecule has 0 aliphatic rings. The van der Waals surface area contributed by atoms with Gasteiger partial charge in [0.05, 0.1) is 11.5 Å². The highest BCUT2D eigenvalue weighted by atomic mass is 32.2. The molecule has 2 aromatic rings. The van der Waals surface area contributed by atoms with E-state index in [-0.39, 0.29) is 4.90 Å². The number of ether oxygens (including phenoxy) is 1. The standard InChI is InChI=1S/C16H18O4S/c1-3-20-14-8-4-6-12(10-14)16(17)13-7-5-9-15(11-13)21(2,18)19/h4-11,16-17H,3H2,1-2H3. The quantitative estimate of drug-likeness (QED) is 0.922. The van der Waals surface area contributed by atoms with Crippen LogP contribution in [0, 0.1) is 0 Å². The van der Waals surface area contributed by atoms with Crippen LogP contribution >= 0.6 is 0 Å². The number of rotatable bonds is 5. The van der Waals surface area contributed by atoms with Crippen molar-refractivity contribution in [2.45, 2.75) is 17.9 Å². The van der Waals surface area contributed by atoms with Crippen molar-refractivity contribution in [3.05, 3.63) is 59.7 Å². The average molecular weight is 306 g/mol. The summed E-state index contributed by atoms with van der Waals surface area (Å²) in [5.74, 6) is 0.674. The van der Waals surface area contributed by atoms with Gasteiger partial charge in [-0.3, -0.25) is 0 Å². The summed E-state index contributed by atoms with van der Waals surface area (Å²) in [5.41, 5.74) is 1.19. The van der Waals surface area contributed by atoms with Gasteiger partial charge in [0.15, 0.2) is 9.84 Å². The van der Waals surface area contributed by atoms with Crippen LogP contribution in [0.25, 0.3) is 0 Å². The van der Waals surface area contributed by atoms with Crippen molar-refractivity contribution in [3.63, 3.8) is 0 Å². The molecule has 2 aromatic carbocycles. The smallest absolute Gasteiger partial charge is 0.175 e. The van der Waals surface area contributed by atoms with Gasteiger partial charge in [-0.05, 0) is 42.3 Å². The third-order valence-electron chi connectivity index (χ3n) is 3.09. The summed E-state index contributed by atoms with van der Waals surface area (Å²) in [5, 5.41) is 10.4. The minimum absolute atomic E-state index is 0.194. The number of hydrogen-bond donors (Lipinski definition) is 1. The molecule has 0 aromatic heterocycles. The predicted octanol–water partition coefficient (Wildman–Crippen LogP) is 2.57. The maximum atomic E-state index is 11.6. The maximum Gasteiger partial charge on any atom is 0.175 e. The molecule has 2 rings (SSSR count). The van der Waals surface area contributed by atoms with Crippen LogP contribution in [0.2, 0.25) is 0 Å². The third-order valence-corrected chi connectivity index (χ3v) is 4.20. The van der Waals surface area contributed by atoms with Gasteiger partial charge >= 0.3 is 0 Å². The van der Waals surface area contributed by atoms with E-state index in [1.54, 1.807) is 30.3 Å². The Bertz CT molecular complexity index is 723. The van der Waals surface area contributed by atoms with E-state index in [4.69, 9.17) is 4.74 Å². The molecule has 0 bridgehead atoms. The predicted molar refractivity (Wildman–Crippen MR) is 81.2 cm³/mol. The molecule has 0 radical (unpaired) electrons. The molecule has 1 unspecified atom stereocenters. The molecule has 0 fully saturated rings. The lowest BCUT2D eigenvalue weighted by molar-refractivity contribution is 0.219. The Morgan fingerprint density at radius 3 is 2.33 bits per heavy atom. The minimum atomic E-state index is -3.29. The Balaban J connectivity index is 2.36.